The molecule has 2 aromatic rings. The fourth-order valence-corrected chi connectivity index (χ4v) is 1.53. The Morgan fingerprint density at radius 2 is 2.00 bits per heavy atom. The Balaban J connectivity index is 2.36. The average molecular weight is 277 g/mol. The molecule has 0 aliphatic carbocycles. The summed E-state index contributed by atoms with van der Waals surface area (Å²) in [7, 11) is 0. The molecule has 100 valence electrons. The number of nitrogens with one attached hydrogen (secondary N) is 1. The second-order valence-electron chi connectivity index (χ2n) is 3.69. The van der Waals surface area contributed by atoms with E-state index < -0.39 is 34.6 Å². The van der Waals surface area contributed by atoms with Gasteiger partial charge in [0.15, 0.2) is 5.82 Å². The van der Waals surface area contributed by atoms with Gasteiger partial charge in [0.1, 0.15) is 17.4 Å². The van der Waals surface area contributed by atoms with E-state index in [1.807, 2.05) is 0 Å². The fraction of sp³-hybridized carbons (Fsp3) is 0. The number of carbonyl (C=O) groups is 1. The van der Waals surface area contributed by atoms with E-state index in [1.165, 1.54) is 12.1 Å². The lowest BCUT2D eigenvalue weighted by molar-refractivity contribution is 0.102. The fourth-order valence-electron chi connectivity index (χ4n) is 1.53. The molecule has 0 atom stereocenters. The Labute approximate surface area is 111 Å². The molecule has 0 saturated heterocycles. The lowest BCUT2D eigenvalue weighted by atomic mass is 10.1. The van der Waals surface area contributed by atoms with Crippen molar-refractivity contribution >= 4 is 11.6 Å². The number of hydrogen-bond acceptors (Lipinski definition) is 3. The van der Waals surface area contributed by atoms with Gasteiger partial charge in [-0.15, -0.1) is 0 Å². The van der Waals surface area contributed by atoms with Crippen LogP contribution in [0, 0.1) is 28.9 Å². The molecule has 1 aromatic heterocycles. The van der Waals surface area contributed by atoms with Crippen molar-refractivity contribution in [1.29, 1.82) is 5.26 Å². The zero-order valence-electron chi connectivity index (χ0n) is 9.82. The SMILES string of the molecule is N#Cc1c(F)cccc1NC(=O)c1ccnc(F)c1F. The number of rotatable bonds is 2. The van der Waals surface area contributed by atoms with Crippen LogP contribution in [-0.4, -0.2) is 10.9 Å². The van der Waals surface area contributed by atoms with E-state index in [-0.39, 0.29) is 5.69 Å². The van der Waals surface area contributed by atoms with Gasteiger partial charge in [-0.05, 0) is 18.2 Å². The van der Waals surface area contributed by atoms with Gasteiger partial charge in [0.2, 0.25) is 5.95 Å². The molecule has 0 unspecified atom stereocenters. The van der Waals surface area contributed by atoms with E-state index in [2.05, 4.69) is 10.3 Å². The standard InChI is InChI=1S/C13H6F3N3O/c14-9-2-1-3-10(8(9)6-17)19-13(20)7-4-5-18-12(16)11(7)15/h1-5H,(H,19,20). The third-order valence-electron chi connectivity index (χ3n) is 2.46. The first kappa shape index (κ1) is 13.5. The highest BCUT2D eigenvalue weighted by Crippen LogP contribution is 2.19. The third kappa shape index (κ3) is 2.44. The van der Waals surface area contributed by atoms with Gasteiger partial charge >= 0.3 is 0 Å². The molecule has 4 nitrogen and oxygen atoms in total. The molecule has 20 heavy (non-hydrogen) atoms. The Kier molecular flexibility index (Phi) is 3.66. The topological polar surface area (TPSA) is 65.8 Å². The second kappa shape index (κ2) is 5.40. The minimum Gasteiger partial charge on any atom is -0.321 e. The smallest absolute Gasteiger partial charge is 0.258 e. The predicted octanol–water partition coefficient (Wildman–Crippen LogP) is 2.62. The van der Waals surface area contributed by atoms with Crippen molar-refractivity contribution in [3.05, 3.63) is 59.2 Å². The lowest BCUT2D eigenvalue weighted by Gasteiger charge is -2.08. The molecule has 1 aromatic carbocycles. The van der Waals surface area contributed by atoms with Gasteiger partial charge in [0, 0.05) is 6.20 Å². The largest absolute Gasteiger partial charge is 0.321 e. The van der Waals surface area contributed by atoms with Crippen molar-refractivity contribution in [2.24, 2.45) is 0 Å². The number of nitriles is 1. The summed E-state index contributed by atoms with van der Waals surface area (Å²) in [6.45, 7) is 0. The summed E-state index contributed by atoms with van der Waals surface area (Å²) in [6.07, 6.45) is 0.921. The number of nitrogens with zero attached hydrogens (tertiary/aromatic N) is 2. The highest BCUT2D eigenvalue weighted by atomic mass is 19.2. The van der Waals surface area contributed by atoms with Gasteiger partial charge in [-0.2, -0.15) is 9.65 Å². The molecule has 0 radical (unpaired) electrons. The number of amides is 1. The number of pyridine rings is 1. The summed E-state index contributed by atoms with van der Waals surface area (Å²) >= 11 is 0. The summed E-state index contributed by atoms with van der Waals surface area (Å²) in [6, 6.07) is 6.14. The summed E-state index contributed by atoms with van der Waals surface area (Å²) in [5, 5.41) is 10.9. The van der Waals surface area contributed by atoms with E-state index in [4.69, 9.17) is 5.26 Å². The van der Waals surface area contributed by atoms with Crippen LogP contribution in [0.2, 0.25) is 0 Å². The summed E-state index contributed by atoms with van der Waals surface area (Å²) < 4.78 is 39.6. The van der Waals surface area contributed by atoms with Crippen LogP contribution in [0.25, 0.3) is 0 Å². The van der Waals surface area contributed by atoms with Crippen molar-refractivity contribution in [1.82, 2.24) is 4.98 Å². The van der Waals surface area contributed by atoms with E-state index in [0.717, 1.165) is 18.3 Å². The van der Waals surface area contributed by atoms with Crippen LogP contribution < -0.4 is 5.32 Å². The summed E-state index contributed by atoms with van der Waals surface area (Å²) in [4.78, 5) is 14.8. The molecule has 0 bridgehead atoms. The van der Waals surface area contributed by atoms with E-state index >= 15 is 0 Å². The van der Waals surface area contributed by atoms with Crippen LogP contribution in [0.1, 0.15) is 15.9 Å². The maximum absolute atomic E-state index is 13.4. The van der Waals surface area contributed by atoms with Crippen molar-refractivity contribution in [2.75, 3.05) is 5.32 Å². The van der Waals surface area contributed by atoms with E-state index in [9.17, 15) is 18.0 Å². The first-order chi connectivity index (χ1) is 9.54. The maximum Gasteiger partial charge on any atom is 0.258 e. The van der Waals surface area contributed by atoms with Gasteiger partial charge < -0.3 is 5.32 Å². The number of carbonyl (C=O) groups excluding carboxylic acids is 1. The third-order valence-corrected chi connectivity index (χ3v) is 2.46. The van der Waals surface area contributed by atoms with Gasteiger partial charge in [-0.25, -0.2) is 13.8 Å². The number of anilines is 1. The summed E-state index contributed by atoms with van der Waals surface area (Å²) in [5.74, 6) is -4.67. The molecule has 7 heteroatoms. The van der Waals surface area contributed by atoms with Gasteiger partial charge in [0.25, 0.3) is 5.91 Å². The minimum absolute atomic E-state index is 0.130. The molecule has 2 rings (SSSR count). The number of halogens is 3. The molecule has 0 aliphatic rings. The zero-order valence-corrected chi connectivity index (χ0v) is 9.82. The quantitative estimate of drug-likeness (QED) is 0.858. The Bertz CT molecular complexity index is 725. The zero-order chi connectivity index (χ0) is 14.7. The van der Waals surface area contributed by atoms with Crippen LogP contribution in [-0.2, 0) is 0 Å². The molecular weight excluding hydrogens is 271 g/mol. The highest BCUT2D eigenvalue weighted by Gasteiger charge is 2.18. The Hall–Kier alpha value is -2.88. The van der Waals surface area contributed by atoms with Crippen molar-refractivity contribution in [3.63, 3.8) is 0 Å². The molecule has 1 N–H and O–H groups in total. The predicted molar refractivity (Wildman–Crippen MR) is 63.2 cm³/mol. The molecule has 0 fully saturated rings. The molecular formula is C13H6F3N3O. The molecule has 1 heterocycles. The van der Waals surface area contributed by atoms with Gasteiger partial charge in [-0.1, -0.05) is 6.07 Å². The van der Waals surface area contributed by atoms with Crippen LogP contribution >= 0.6 is 0 Å². The monoisotopic (exact) mass is 277 g/mol. The number of aromatic nitrogens is 1. The lowest BCUT2D eigenvalue weighted by Crippen LogP contribution is -2.16. The maximum atomic E-state index is 13.4. The molecule has 0 saturated carbocycles. The Morgan fingerprint density at radius 3 is 2.70 bits per heavy atom. The van der Waals surface area contributed by atoms with E-state index in [1.54, 1.807) is 6.07 Å². The van der Waals surface area contributed by atoms with Crippen LogP contribution in [0.3, 0.4) is 0 Å². The molecule has 0 spiro atoms. The van der Waals surface area contributed by atoms with Crippen molar-refractivity contribution < 1.29 is 18.0 Å². The Morgan fingerprint density at radius 1 is 1.25 bits per heavy atom. The molecule has 1 amide bonds. The first-order valence-corrected chi connectivity index (χ1v) is 5.34. The van der Waals surface area contributed by atoms with Crippen molar-refractivity contribution in [2.45, 2.75) is 0 Å². The normalized spacial score (nSPS) is 9.90. The second-order valence-corrected chi connectivity index (χ2v) is 3.69. The number of benzene rings is 1. The molecule has 0 aliphatic heterocycles. The average Bonchev–Trinajstić information content (AvgIpc) is 2.42. The highest BCUT2D eigenvalue weighted by molar-refractivity contribution is 6.05. The van der Waals surface area contributed by atoms with Crippen molar-refractivity contribution in [3.8, 4) is 6.07 Å². The summed E-state index contributed by atoms with van der Waals surface area (Å²) in [5.41, 5.74) is -1.12. The van der Waals surface area contributed by atoms with E-state index in [0.29, 0.717) is 0 Å². The van der Waals surface area contributed by atoms with Crippen LogP contribution in [0.4, 0.5) is 18.9 Å². The first-order valence-electron chi connectivity index (χ1n) is 5.34. The minimum atomic E-state index is -1.42. The van der Waals surface area contributed by atoms with Crippen LogP contribution in [0.5, 0.6) is 0 Å². The van der Waals surface area contributed by atoms with Gasteiger partial charge in [-0.3, -0.25) is 4.79 Å². The number of hydrogen-bond donors (Lipinski definition) is 1. The van der Waals surface area contributed by atoms with Crippen LogP contribution in [0.15, 0.2) is 30.5 Å². The van der Waals surface area contributed by atoms with Gasteiger partial charge in [0.05, 0.1) is 11.3 Å².